The van der Waals surface area contributed by atoms with Crippen LogP contribution in [0.1, 0.15) is 62.5 Å². The van der Waals surface area contributed by atoms with Crippen molar-refractivity contribution in [2.45, 2.75) is 63.8 Å². The van der Waals surface area contributed by atoms with Gasteiger partial charge in [0, 0.05) is 6.04 Å². The lowest BCUT2D eigenvalue weighted by molar-refractivity contribution is 0.418. The lowest BCUT2D eigenvalue weighted by Gasteiger charge is -2.26. The Morgan fingerprint density at radius 2 is 2.05 bits per heavy atom. The molecule has 19 heavy (non-hydrogen) atoms. The average molecular weight is 257 g/mol. The highest BCUT2D eigenvalue weighted by atomic mass is 14.9. The van der Waals surface area contributed by atoms with Crippen molar-refractivity contribution in [1.29, 1.82) is 0 Å². The molecule has 1 N–H and O–H groups in total. The Kier molecular flexibility index (Phi) is 4.22. The first-order valence-electron chi connectivity index (χ1n) is 8.14. The van der Waals surface area contributed by atoms with Gasteiger partial charge in [0.2, 0.25) is 0 Å². The van der Waals surface area contributed by atoms with Crippen LogP contribution in [0.2, 0.25) is 0 Å². The van der Waals surface area contributed by atoms with Gasteiger partial charge in [-0.05, 0) is 74.5 Å². The molecule has 0 bridgehead atoms. The third-order valence-electron chi connectivity index (χ3n) is 4.83. The largest absolute Gasteiger partial charge is 0.314 e. The maximum atomic E-state index is 3.66. The smallest absolute Gasteiger partial charge is 0.00683 e. The van der Waals surface area contributed by atoms with Gasteiger partial charge in [-0.15, -0.1) is 0 Å². The van der Waals surface area contributed by atoms with Gasteiger partial charge in [-0.25, -0.2) is 0 Å². The Hall–Kier alpha value is -0.820. The van der Waals surface area contributed by atoms with Gasteiger partial charge in [0.1, 0.15) is 0 Å². The molecule has 2 atom stereocenters. The topological polar surface area (TPSA) is 12.0 Å². The van der Waals surface area contributed by atoms with Crippen molar-refractivity contribution in [2.75, 3.05) is 6.54 Å². The van der Waals surface area contributed by atoms with Gasteiger partial charge < -0.3 is 5.32 Å². The Balaban J connectivity index is 1.49. The minimum absolute atomic E-state index is 0.827. The number of benzene rings is 1. The van der Waals surface area contributed by atoms with E-state index in [0.29, 0.717) is 0 Å². The predicted octanol–water partition coefficient (Wildman–Crippen LogP) is 4.27. The van der Waals surface area contributed by atoms with Crippen LogP contribution in [0.5, 0.6) is 0 Å². The van der Waals surface area contributed by atoms with Gasteiger partial charge in [0.05, 0.1) is 0 Å². The summed E-state index contributed by atoms with van der Waals surface area (Å²) in [5.41, 5.74) is 3.26. The summed E-state index contributed by atoms with van der Waals surface area (Å²) in [7, 11) is 0. The van der Waals surface area contributed by atoms with E-state index in [0.717, 1.165) is 17.9 Å². The molecule has 3 rings (SSSR count). The first-order valence-corrected chi connectivity index (χ1v) is 8.14. The van der Waals surface area contributed by atoms with E-state index in [2.05, 4.69) is 36.5 Å². The lowest BCUT2D eigenvalue weighted by Crippen LogP contribution is -2.23. The zero-order chi connectivity index (χ0) is 13.1. The van der Waals surface area contributed by atoms with Crippen LogP contribution >= 0.6 is 0 Å². The van der Waals surface area contributed by atoms with E-state index in [-0.39, 0.29) is 0 Å². The van der Waals surface area contributed by atoms with Crippen LogP contribution in [0.25, 0.3) is 0 Å². The molecular formula is C18H27N. The number of aryl methyl sites for hydroxylation is 1. The summed E-state index contributed by atoms with van der Waals surface area (Å²) in [6, 6.07) is 9.97. The molecule has 0 saturated heterocycles. The Morgan fingerprint density at radius 3 is 2.89 bits per heavy atom. The molecule has 2 aliphatic carbocycles. The molecule has 104 valence electrons. The van der Waals surface area contributed by atoms with E-state index in [1.165, 1.54) is 51.5 Å². The van der Waals surface area contributed by atoms with E-state index < -0.39 is 0 Å². The third kappa shape index (κ3) is 3.60. The van der Waals surface area contributed by atoms with E-state index >= 15 is 0 Å². The fourth-order valence-corrected chi connectivity index (χ4v) is 3.40. The summed E-state index contributed by atoms with van der Waals surface area (Å²) in [6.07, 6.45) is 9.65. The van der Waals surface area contributed by atoms with Crippen molar-refractivity contribution in [3.63, 3.8) is 0 Å². The summed E-state index contributed by atoms with van der Waals surface area (Å²) in [5.74, 6) is 1.66. The zero-order valence-corrected chi connectivity index (χ0v) is 12.2. The molecule has 0 amide bonds. The highest BCUT2D eigenvalue weighted by molar-refractivity contribution is 5.32. The highest BCUT2D eigenvalue weighted by Crippen LogP contribution is 2.35. The monoisotopic (exact) mass is 257 g/mol. The molecule has 2 unspecified atom stereocenters. The summed E-state index contributed by atoms with van der Waals surface area (Å²) < 4.78 is 0. The van der Waals surface area contributed by atoms with Gasteiger partial charge in [0.15, 0.2) is 0 Å². The Bertz CT molecular complexity index is 408. The molecule has 1 aromatic rings. The van der Waals surface area contributed by atoms with Crippen LogP contribution in [0.3, 0.4) is 0 Å². The first-order chi connectivity index (χ1) is 9.33. The Labute approximate surface area is 117 Å². The number of rotatable bonds is 6. The Morgan fingerprint density at radius 1 is 1.21 bits per heavy atom. The minimum atomic E-state index is 0.827. The van der Waals surface area contributed by atoms with Crippen LogP contribution < -0.4 is 5.32 Å². The van der Waals surface area contributed by atoms with Gasteiger partial charge in [-0.1, -0.05) is 31.2 Å². The zero-order valence-electron chi connectivity index (χ0n) is 12.2. The number of hydrogen-bond donors (Lipinski definition) is 1. The second-order valence-electron chi connectivity index (χ2n) is 6.65. The molecule has 1 heteroatoms. The third-order valence-corrected chi connectivity index (χ3v) is 4.83. The molecule has 0 spiro atoms. The first kappa shape index (κ1) is 13.2. The summed E-state index contributed by atoms with van der Waals surface area (Å²) in [5, 5.41) is 3.66. The molecule has 1 fully saturated rings. The predicted molar refractivity (Wildman–Crippen MR) is 81.5 cm³/mol. The molecule has 0 heterocycles. The SMILES string of the molecule is CC(CCC1CCCc2ccccc21)CNC1CC1. The molecule has 1 aromatic carbocycles. The normalized spacial score (nSPS) is 23.9. The molecular weight excluding hydrogens is 230 g/mol. The molecule has 0 aliphatic heterocycles. The lowest BCUT2D eigenvalue weighted by atomic mass is 9.79. The van der Waals surface area contributed by atoms with Crippen molar-refractivity contribution in [3.05, 3.63) is 35.4 Å². The van der Waals surface area contributed by atoms with Crippen molar-refractivity contribution in [3.8, 4) is 0 Å². The number of fused-ring (bicyclic) bond motifs is 1. The summed E-state index contributed by atoms with van der Waals surface area (Å²) >= 11 is 0. The van der Waals surface area contributed by atoms with Crippen molar-refractivity contribution < 1.29 is 0 Å². The fraction of sp³-hybridized carbons (Fsp3) is 0.667. The second-order valence-corrected chi connectivity index (χ2v) is 6.65. The van der Waals surface area contributed by atoms with Gasteiger partial charge in [-0.2, -0.15) is 0 Å². The standard InChI is InChI=1S/C18H27N/c1-14(13-19-17-11-12-17)9-10-16-7-4-6-15-5-2-3-8-18(15)16/h2-3,5,8,14,16-17,19H,4,6-7,9-13H2,1H3. The molecule has 0 aromatic heterocycles. The van der Waals surface area contributed by atoms with Gasteiger partial charge >= 0.3 is 0 Å². The summed E-state index contributed by atoms with van der Waals surface area (Å²) in [4.78, 5) is 0. The van der Waals surface area contributed by atoms with Crippen molar-refractivity contribution >= 4 is 0 Å². The highest BCUT2D eigenvalue weighted by Gasteiger charge is 2.22. The number of hydrogen-bond acceptors (Lipinski definition) is 1. The van der Waals surface area contributed by atoms with E-state index in [1.54, 1.807) is 11.1 Å². The van der Waals surface area contributed by atoms with Crippen LogP contribution in [0.4, 0.5) is 0 Å². The maximum absolute atomic E-state index is 3.66. The van der Waals surface area contributed by atoms with Gasteiger partial charge in [-0.3, -0.25) is 0 Å². The van der Waals surface area contributed by atoms with Crippen molar-refractivity contribution in [1.82, 2.24) is 5.32 Å². The van der Waals surface area contributed by atoms with Crippen LogP contribution in [0.15, 0.2) is 24.3 Å². The number of nitrogens with one attached hydrogen (secondary N) is 1. The van der Waals surface area contributed by atoms with E-state index in [1.807, 2.05) is 0 Å². The van der Waals surface area contributed by atoms with E-state index in [9.17, 15) is 0 Å². The van der Waals surface area contributed by atoms with E-state index in [4.69, 9.17) is 0 Å². The summed E-state index contributed by atoms with van der Waals surface area (Å²) in [6.45, 7) is 3.63. The fourth-order valence-electron chi connectivity index (χ4n) is 3.40. The van der Waals surface area contributed by atoms with Crippen LogP contribution in [0, 0.1) is 5.92 Å². The molecule has 0 radical (unpaired) electrons. The molecule has 1 saturated carbocycles. The van der Waals surface area contributed by atoms with Gasteiger partial charge in [0.25, 0.3) is 0 Å². The second kappa shape index (κ2) is 6.09. The molecule has 2 aliphatic rings. The van der Waals surface area contributed by atoms with Crippen molar-refractivity contribution in [2.24, 2.45) is 5.92 Å². The van der Waals surface area contributed by atoms with Crippen LogP contribution in [-0.2, 0) is 6.42 Å². The molecule has 1 nitrogen and oxygen atoms in total. The minimum Gasteiger partial charge on any atom is -0.314 e. The maximum Gasteiger partial charge on any atom is 0.00683 e. The average Bonchev–Trinajstić information content (AvgIpc) is 3.27. The van der Waals surface area contributed by atoms with Crippen LogP contribution in [-0.4, -0.2) is 12.6 Å². The quantitative estimate of drug-likeness (QED) is 0.802.